The van der Waals surface area contributed by atoms with Crippen molar-refractivity contribution in [2.24, 2.45) is 0 Å². The number of unbranched alkanes of at least 4 members (excludes halogenated alkanes) is 1. The van der Waals surface area contributed by atoms with Gasteiger partial charge in [0.25, 0.3) is 6.01 Å². The van der Waals surface area contributed by atoms with Crippen molar-refractivity contribution >= 4 is 12.0 Å². The van der Waals surface area contributed by atoms with E-state index in [0.29, 0.717) is 13.0 Å². The van der Waals surface area contributed by atoms with Crippen LogP contribution in [0.2, 0.25) is 0 Å². The predicted octanol–water partition coefficient (Wildman–Crippen LogP) is 1.20. The topological polar surface area (TPSA) is 75.4 Å². The fourth-order valence-electron chi connectivity index (χ4n) is 0.839. The van der Waals surface area contributed by atoms with E-state index in [4.69, 9.17) is 15.9 Å². The number of nitrogens with zero attached hydrogens (tertiary/aromatic N) is 1. The normalized spacial score (nSPS) is 9.36. The lowest BCUT2D eigenvalue weighted by Crippen LogP contribution is -2.02. The van der Waals surface area contributed by atoms with Crippen LogP contribution in [0.3, 0.4) is 0 Å². The lowest BCUT2D eigenvalue weighted by molar-refractivity contribution is 0.0690. The van der Waals surface area contributed by atoms with Crippen molar-refractivity contribution in [1.29, 1.82) is 0 Å². The molecule has 0 unspecified atom stereocenters. The lowest BCUT2D eigenvalue weighted by atomic mass is 10.3. The molecule has 0 amide bonds. The Hall–Kier alpha value is -1.96. The van der Waals surface area contributed by atoms with Gasteiger partial charge in [-0.05, 0) is 6.42 Å². The Morgan fingerprint density at radius 2 is 2.57 bits per heavy atom. The zero-order valence-electron chi connectivity index (χ0n) is 7.49. The van der Waals surface area contributed by atoms with Gasteiger partial charge in [-0.25, -0.2) is 4.79 Å². The second-order valence-corrected chi connectivity index (χ2v) is 2.58. The smallest absolute Gasteiger partial charge is 0.357 e. The summed E-state index contributed by atoms with van der Waals surface area (Å²) in [6, 6.07) is 0.208. The molecule has 1 aromatic heterocycles. The van der Waals surface area contributed by atoms with Crippen molar-refractivity contribution in [2.75, 3.05) is 11.9 Å². The van der Waals surface area contributed by atoms with Crippen molar-refractivity contribution in [3.05, 3.63) is 12.0 Å². The molecule has 0 saturated carbocycles. The standard InChI is InChI=1S/C9H10N2O3/c1-2-3-4-5-10-9-11-7(6-14-9)8(12)13/h1,6H,3-5H2,(H,10,11)(H,12,13). The Labute approximate surface area is 81.1 Å². The molecule has 0 fully saturated rings. The van der Waals surface area contributed by atoms with E-state index in [0.717, 1.165) is 12.7 Å². The molecule has 0 atom stereocenters. The Balaban J connectivity index is 2.37. The first-order valence-electron chi connectivity index (χ1n) is 4.10. The summed E-state index contributed by atoms with van der Waals surface area (Å²) in [6.07, 6.45) is 7.61. The summed E-state index contributed by atoms with van der Waals surface area (Å²) < 4.78 is 4.85. The fraction of sp³-hybridized carbons (Fsp3) is 0.333. The molecule has 5 heteroatoms. The second-order valence-electron chi connectivity index (χ2n) is 2.58. The van der Waals surface area contributed by atoms with Gasteiger partial charge in [0.1, 0.15) is 6.26 Å². The average Bonchev–Trinajstić information content (AvgIpc) is 2.61. The van der Waals surface area contributed by atoms with Crippen LogP contribution < -0.4 is 5.32 Å². The summed E-state index contributed by atoms with van der Waals surface area (Å²) in [6.45, 7) is 0.615. The molecule has 0 bridgehead atoms. The van der Waals surface area contributed by atoms with Crippen LogP contribution in [0.4, 0.5) is 6.01 Å². The number of nitrogens with one attached hydrogen (secondary N) is 1. The number of hydrogen-bond acceptors (Lipinski definition) is 4. The van der Waals surface area contributed by atoms with Crippen LogP contribution in [0.5, 0.6) is 0 Å². The van der Waals surface area contributed by atoms with Gasteiger partial charge in [0.2, 0.25) is 0 Å². The molecule has 1 heterocycles. The molecule has 1 rings (SSSR count). The monoisotopic (exact) mass is 194 g/mol. The van der Waals surface area contributed by atoms with Gasteiger partial charge in [0.15, 0.2) is 5.69 Å². The largest absolute Gasteiger partial charge is 0.476 e. The number of aromatic carboxylic acids is 1. The second kappa shape index (κ2) is 4.92. The minimum Gasteiger partial charge on any atom is -0.476 e. The predicted molar refractivity (Wildman–Crippen MR) is 50.0 cm³/mol. The SMILES string of the molecule is C#CCCCNc1nc(C(=O)O)co1. The molecule has 0 radical (unpaired) electrons. The highest BCUT2D eigenvalue weighted by atomic mass is 16.4. The summed E-state index contributed by atoms with van der Waals surface area (Å²) in [5, 5.41) is 11.3. The van der Waals surface area contributed by atoms with E-state index in [1.807, 2.05) is 0 Å². The summed E-state index contributed by atoms with van der Waals surface area (Å²) in [5.41, 5.74) is -0.107. The van der Waals surface area contributed by atoms with Crippen molar-refractivity contribution in [3.63, 3.8) is 0 Å². The molecule has 5 nitrogen and oxygen atoms in total. The van der Waals surface area contributed by atoms with Crippen LogP contribution in [-0.2, 0) is 0 Å². The number of anilines is 1. The maximum Gasteiger partial charge on any atom is 0.357 e. The van der Waals surface area contributed by atoms with Gasteiger partial charge in [-0.1, -0.05) is 0 Å². The number of carboxylic acids is 1. The quantitative estimate of drug-likeness (QED) is 0.544. The Kier molecular flexibility index (Phi) is 3.56. The number of hydrogen-bond donors (Lipinski definition) is 2. The lowest BCUT2D eigenvalue weighted by Gasteiger charge is -1.97. The third kappa shape index (κ3) is 2.83. The van der Waals surface area contributed by atoms with Crippen molar-refractivity contribution in [3.8, 4) is 12.3 Å². The van der Waals surface area contributed by atoms with Crippen LogP contribution in [0.1, 0.15) is 23.3 Å². The molecule has 1 aromatic rings. The molecule has 0 saturated heterocycles. The molecule has 74 valence electrons. The van der Waals surface area contributed by atoms with Crippen molar-refractivity contribution in [1.82, 2.24) is 4.98 Å². The molecule has 2 N–H and O–H groups in total. The number of aromatic nitrogens is 1. The zero-order valence-corrected chi connectivity index (χ0v) is 7.49. The van der Waals surface area contributed by atoms with E-state index in [-0.39, 0.29) is 11.7 Å². The average molecular weight is 194 g/mol. The van der Waals surface area contributed by atoms with E-state index >= 15 is 0 Å². The van der Waals surface area contributed by atoms with E-state index in [1.165, 1.54) is 0 Å². The molecule has 0 aliphatic rings. The molecular weight excluding hydrogens is 184 g/mol. The number of terminal acetylenes is 1. The minimum atomic E-state index is -1.11. The first-order chi connectivity index (χ1) is 6.74. The van der Waals surface area contributed by atoms with Gasteiger partial charge >= 0.3 is 5.97 Å². The van der Waals surface area contributed by atoms with Crippen molar-refractivity contribution < 1.29 is 14.3 Å². The number of oxazole rings is 1. The summed E-state index contributed by atoms with van der Waals surface area (Å²) in [7, 11) is 0. The molecular formula is C9H10N2O3. The van der Waals surface area contributed by atoms with Crippen LogP contribution in [0.15, 0.2) is 10.7 Å². The maximum absolute atomic E-state index is 10.4. The summed E-state index contributed by atoms with van der Waals surface area (Å²) >= 11 is 0. The van der Waals surface area contributed by atoms with Gasteiger partial charge in [-0.2, -0.15) is 4.98 Å². The van der Waals surface area contributed by atoms with Gasteiger partial charge < -0.3 is 14.8 Å². The first-order valence-corrected chi connectivity index (χ1v) is 4.10. The highest BCUT2D eigenvalue weighted by Crippen LogP contribution is 2.07. The highest BCUT2D eigenvalue weighted by molar-refractivity contribution is 5.85. The molecule has 14 heavy (non-hydrogen) atoms. The number of rotatable bonds is 5. The van der Waals surface area contributed by atoms with Gasteiger partial charge in [-0.3, -0.25) is 0 Å². The van der Waals surface area contributed by atoms with E-state index in [1.54, 1.807) is 0 Å². The fourth-order valence-corrected chi connectivity index (χ4v) is 0.839. The van der Waals surface area contributed by atoms with Crippen LogP contribution in [0.25, 0.3) is 0 Å². The molecule has 0 spiro atoms. The number of carbonyl (C=O) groups is 1. The third-order valence-electron chi connectivity index (χ3n) is 1.50. The molecule has 0 aliphatic heterocycles. The maximum atomic E-state index is 10.4. The number of carboxylic acid groups (broad SMARTS) is 1. The highest BCUT2D eigenvalue weighted by Gasteiger charge is 2.09. The minimum absolute atomic E-state index is 0.107. The summed E-state index contributed by atoms with van der Waals surface area (Å²) in [4.78, 5) is 14.1. The Morgan fingerprint density at radius 3 is 3.14 bits per heavy atom. The third-order valence-corrected chi connectivity index (χ3v) is 1.50. The first kappa shape index (κ1) is 10.1. The zero-order chi connectivity index (χ0) is 10.4. The Bertz CT molecular complexity index is 351. The van der Waals surface area contributed by atoms with Crippen LogP contribution >= 0.6 is 0 Å². The van der Waals surface area contributed by atoms with E-state index < -0.39 is 5.97 Å². The van der Waals surface area contributed by atoms with Gasteiger partial charge in [0, 0.05) is 13.0 Å². The van der Waals surface area contributed by atoms with Gasteiger partial charge in [0.05, 0.1) is 0 Å². The van der Waals surface area contributed by atoms with Gasteiger partial charge in [-0.15, -0.1) is 12.3 Å². The van der Waals surface area contributed by atoms with E-state index in [2.05, 4.69) is 16.2 Å². The Morgan fingerprint density at radius 1 is 1.79 bits per heavy atom. The van der Waals surface area contributed by atoms with E-state index in [9.17, 15) is 4.79 Å². The summed E-state index contributed by atoms with van der Waals surface area (Å²) in [5.74, 6) is 1.39. The molecule has 0 aromatic carbocycles. The molecule has 0 aliphatic carbocycles. The van der Waals surface area contributed by atoms with Crippen molar-refractivity contribution in [2.45, 2.75) is 12.8 Å². The van der Waals surface area contributed by atoms with Crippen LogP contribution in [0, 0.1) is 12.3 Å². The van der Waals surface area contributed by atoms with Crippen LogP contribution in [-0.4, -0.2) is 22.6 Å².